The molecule has 32 heavy (non-hydrogen) atoms. The number of nitrogen functional groups attached to an aromatic ring is 1. The Morgan fingerprint density at radius 2 is 2.16 bits per heavy atom. The normalized spacial score (nSPS) is 21.4. The highest BCUT2D eigenvalue weighted by molar-refractivity contribution is 7.22. The molecular formula is C24H28N6OS. The summed E-state index contributed by atoms with van der Waals surface area (Å²) in [5.74, 6) is 2.18. The number of methoxy groups -OCH3 is 1. The van der Waals surface area contributed by atoms with E-state index in [4.69, 9.17) is 10.5 Å². The summed E-state index contributed by atoms with van der Waals surface area (Å²) in [4.78, 5) is 8.01. The van der Waals surface area contributed by atoms with Crippen LogP contribution in [0, 0.1) is 12.8 Å². The number of ether oxygens (including phenoxy) is 1. The maximum atomic E-state index is 6.37. The Morgan fingerprint density at radius 3 is 3.00 bits per heavy atom. The van der Waals surface area contributed by atoms with Gasteiger partial charge in [-0.2, -0.15) is 5.10 Å². The molecule has 0 aliphatic carbocycles. The van der Waals surface area contributed by atoms with Crippen LogP contribution in [0.25, 0.3) is 26.0 Å². The smallest absolute Gasteiger partial charge is 0.152 e. The van der Waals surface area contributed by atoms with Gasteiger partial charge in [0, 0.05) is 36.1 Å². The first-order valence-electron chi connectivity index (χ1n) is 11.3. The highest BCUT2D eigenvalue weighted by atomic mass is 32.1. The minimum atomic E-state index is 0.513. The van der Waals surface area contributed by atoms with Crippen molar-refractivity contribution in [3.63, 3.8) is 0 Å². The summed E-state index contributed by atoms with van der Waals surface area (Å²) >= 11 is 1.73. The van der Waals surface area contributed by atoms with Gasteiger partial charge in [0.2, 0.25) is 0 Å². The number of benzene rings is 1. The van der Waals surface area contributed by atoms with E-state index < -0.39 is 0 Å². The maximum Gasteiger partial charge on any atom is 0.152 e. The highest BCUT2D eigenvalue weighted by Gasteiger charge is 2.34. The van der Waals surface area contributed by atoms with Crippen molar-refractivity contribution in [2.24, 2.45) is 5.92 Å². The number of piperidine rings is 1. The second kappa shape index (κ2) is 7.72. The van der Waals surface area contributed by atoms with Crippen LogP contribution in [0.3, 0.4) is 0 Å². The van der Waals surface area contributed by atoms with Gasteiger partial charge in [-0.3, -0.25) is 4.90 Å². The van der Waals surface area contributed by atoms with Crippen LogP contribution in [-0.4, -0.2) is 52.3 Å². The number of rotatable bonds is 4. The summed E-state index contributed by atoms with van der Waals surface area (Å²) in [5, 5.41) is 9.47. The van der Waals surface area contributed by atoms with Gasteiger partial charge < -0.3 is 15.8 Å². The molecule has 6 rings (SSSR count). The van der Waals surface area contributed by atoms with Crippen molar-refractivity contribution in [1.29, 1.82) is 0 Å². The zero-order valence-corrected chi connectivity index (χ0v) is 19.3. The van der Waals surface area contributed by atoms with Crippen LogP contribution < -0.4 is 15.8 Å². The van der Waals surface area contributed by atoms with Gasteiger partial charge in [0.15, 0.2) is 5.82 Å². The molecule has 2 saturated heterocycles. The number of likely N-dealkylation sites (tertiary alicyclic amines) is 1. The zero-order valence-electron chi connectivity index (χ0n) is 18.5. The summed E-state index contributed by atoms with van der Waals surface area (Å²) in [6.07, 6.45) is 4.16. The number of hydrogen-bond acceptors (Lipinski definition) is 7. The minimum absolute atomic E-state index is 0.513. The molecule has 7 nitrogen and oxygen atoms in total. The third-order valence-corrected chi connectivity index (χ3v) is 8.13. The lowest BCUT2D eigenvalue weighted by Crippen LogP contribution is -2.40. The maximum absolute atomic E-state index is 6.37. The molecule has 5 heterocycles. The molecule has 0 unspecified atom stereocenters. The Labute approximate surface area is 191 Å². The van der Waals surface area contributed by atoms with Gasteiger partial charge in [0.25, 0.3) is 0 Å². The van der Waals surface area contributed by atoms with E-state index in [2.05, 4.69) is 51.5 Å². The van der Waals surface area contributed by atoms with Gasteiger partial charge in [-0.15, -0.1) is 11.3 Å². The fourth-order valence-electron chi connectivity index (χ4n) is 5.48. The van der Waals surface area contributed by atoms with Gasteiger partial charge in [-0.25, -0.2) is 9.50 Å². The van der Waals surface area contributed by atoms with Crippen molar-refractivity contribution in [2.45, 2.75) is 32.4 Å². The predicted octanol–water partition coefficient (Wildman–Crippen LogP) is 3.69. The monoisotopic (exact) mass is 448 g/mol. The Hall–Kier alpha value is -2.68. The van der Waals surface area contributed by atoms with Crippen LogP contribution in [0.2, 0.25) is 0 Å². The molecule has 0 bridgehead atoms. The SMILES string of the molecule is COc1cc(C)cc2cc(-c3cc(CN4C[C@@H]5CCCN[C@@H]5C4)n4ncnc(N)c34)sc12. The highest BCUT2D eigenvalue weighted by Crippen LogP contribution is 2.42. The van der Waals surface area contributed by atoms with Crippen LogP contribution >= 0.6 is 11.3 Å². The molecule has 3 aromatic heterocycles. The van der Waals surface area contributed by atoms with Crippen molar-refractivity contribution >= 4 is 32.8 Å². The molecule has 2 fully saturated rings. The van der Waals surface area contributed by atoms with E-state index in [0.717, 1.165) is 64.2 Å². The summed E-state index contributed by atoms with van der Waals surface area (Å²) in [5.41, 5.74) is 10.7. The largest absolute Gasteiger partial charge is 0.495 e. The van der Waals surface area contributed by atoms with Crippen LogP contribution in [0.1, 0.15) is 24.1 Å². The first-order valence-corrected chi connectivity index (χ1v) is 12.1. The summed E-state index contributed by atoms with van der Waals surface area (Å²) in [6, 6.07) is 9.39. The number of nitrogens with one attached hydrogen (secondary N) is 1. The van der Waals surface area contributed by atoms with Crippen molar-refractivity contribution in [2.75, 3.05) is 32.5 Å². The van der Waals surface area contributed by atoms with E-state index in [1.807, 2.05) is 4.52 Å². The average Bonchev–Trinajstić information content (AvgIpc) is 3.48. The van der Waals surface area contributed by atoms with Crippen LogP contribution in [0.5, 0.6) is 5.75 Å². The summed E-state index contributed by atoms with van der Waals surface area (Å²) in [6.45, 7) is 6.33. The van der Waals surface area contributed by atoms with Crippen LogP contribution in [0.15, 0.2) is 30.6 Å². The molecule has 0 saturated carbocycles. The standard InChI is InChI=1S/C24H28N6OS/c1-14-6-16-8-21(32-23(16)20(7-14)31-2)18-9-17(30-22(18)24(25)27-13-28-30)11-29-10-15-4-3-5-26-19(15)12-29/h6-9,13,15,19,26H,3-5,10-12H2,1-2H3,(H2,25,27,28)/t15-,19+/m0/s1. The third-order valence-electron chi connectivity index (χ3n) is 6.93. The topological polar surface area (TPSA) is 80.7 Å². The molecule has 2 aliphatic rings. The Morgan fingerprint density at radius 1 is 1.25 bits per heavy atom. The number of aromatic nitrogens is 3. The average molecular weight is 449 g/mol. The fourth-order valence-corrected chi connectivity index (χ4v) is 6.63. The predicted molar refractivity (Wildman–Crippen MR) is 129 cm³/mol. The quantitative estimate of drug-likeness (QED) is 0.496. The molecule has 0 radical (unpaired) electrons. The van der Waals surface area contributed by atoms with E-state index >= 15 is 0 Å². The lowest BCUT2D eigenvalue weighted by atomic mass is 9.94. The summed E-state index contributed by atoms with van der Waals surface area (Å²) in [7, 11) is 1.73. The zero-order chi connectivity index (χ0) is 21.8. The van der Waals surface area contributed by atoms with Gasteiger partial charge in [-0.05, 0) is 61.4 Å². The number of hydrogen-bond donors (Lipinski definition) is 2. The Balaban J connectivity index is 1.42. The molecule has 1 aromatic carbocycles. The first-order chi connectivity index (χ1) is 15.6. The van der Waals surface area contributed by atoms with Gasteiger partial charge in [-0.1, -0.05) is 6.07 Å². The fraction of sp³-hybridized carbons (Fsp3) is 0.417. The Bertz CT molecular complexity index is 1300. The van der Waals surface area contributed by atoms with Gasteiger partial charge in [0.05, 0.1) is 17.5 Å². The number of aryl methyl sites for hydroxylation is 1. The lowest BCUT2D eigenvalue weighted by Gasteiger charge is -2.24. The molecule has 0 spiro atoms. The molecule has 166 valence electrons. The number of nitrogens with two attached hydrogens (primary N) is 1. The third kappa shape index (κ3) is 3.25. The molecule has 8 heteroatoms. The second-order valence-electron chi connectivity index (χ2n) is 9.11. The van der Waals surface area contributed by atoms with E-state index in [-0.39, 0.29) is 0 Å². The van der Waals surface area contributed by atoms with E-state index in [9.17, 15) is 0 Å². The van der Waals surface area contributed by atoms with E-state index in [0.29, 0.717) is 11.9 Å². The van der Waals surface area contributed by atoms with E-state index in [1.165, 1.54) is 23.8 Å². The first kappa shape index (κ1) is 20.0. The van der Waals surface area contributed by atoms with Crippen molar-refractivity contribution in [3.05, 3.63) is 41.9 Å². The van der Waals surface area contributed by atoms with Gasteiger partial charge >= 0.3 is 0 Å². The Kier molecular flexibility index (Phi) is 4.82. The number of anilines is 1. The van der Waals surface area contributed by atoms with Crippen LogP contribution in [-0.2, 0) is 6.54 Å². The van der Waals surface area contributed by atoms with Crippen molar-refractivity contribution in [1.82, 2.24) is 24.8 Å². The molecular weight excluding hydrogens is 420 g/mol. The number of fused-ring (bicyclic) bond motifs is 3. The molecule has 2 atom stereocenters. The molecule has 0 amide bonds. The summed E-state index contributed by atoms with van der Waals surface area (Å²) < 4.78 is 8.79. The van der Waals surface area contributed by atoms with Crippen molar-refractivity contribution in [3.8, 4) is 16.2 Å². The van der Waals surface area contributed by atoms with E-state index in [1.54, 1.807) is 24.8 Å². The molecule has 4 aromatic rings. The van der Waals surface area contributed by atoms with Crippen LogP contribution in [0.4, 0.5) is 5.82 Å². The van der Waals surface area contributed by atoms with Gasteiger partial charge in [0.1, 0.15) is 17.6 Å². The number of nitrogens with zero attached hydrogens (tertiary/aromatic N) is 4. The lowest BCUT2D eigenvalue weighted by molar-refractivity contribution is 0.307. The second-order valence-corrected chi connectivity index (χ2v) is 10.2. The molecule has 2 aliphatic heterocycles. The molecule has 3 N–H and O–H groups in total. The number of thiophene rings is 1. The van der Waals surface area contributed by atoms with Crippen molar-refractivity contribution < 1.29 is 4.74 Å². The minimum Gasteiger partial charge on any atom is -0.495 e.